The number of benzene rings is 2. The third-order valence-electron chi connectivity index (χ3n) is 7.81. The van der Waals surface area contributed by atoms with Gasteiger partial charge in [0.25, 0.3) is 5.91 Å². The molecule has 0 radical (unpaired) electrons. The molecule has 2 aliphatic heterocycles. The van der Waals surface area contributed by atoms with Crippen LogP contribution in [0.25, 0.3) is 0 Å². The van der Waals surface area contributed by atoms with E-state index in [2.05, 4.69) is 42.4 Å². The molecular weight excluding hydrogens is 492 g/mol. The van der Waals surface area contributed by atoms with E-state index in [0.29, 0.717) is 44.4 Å². The van der Waals surface area contributed by atoms with Crippen molar-refractivity contribution in [3.63, 3.8) is 0 Å². The Morgan fingerprint density at radius 3 is 2.38 bits per heavy atom. The fraction of sp³-hybridized carbons (Fsp3) is 0.484. The molecule has 210 valence electrons. The van der Waals surface area contributed by atoms with Gasteiger partial charge >= 0.3 is 5.97 Å². The number of phenols is 1. The minimum atomic E-state index is -0.225. The number of amides is 1. The number of carbonyl (C=O) groups is 2. The largest absolute Gasteiger partial charge is 0.508 e. The smallest absolute Gasteiger partial charge is 0.320 e. The van der Waals surface area contributed by atoms with Gasteiger partial charge in [-0.25, -0.2) is 0 Å². The van der Waals surface area contributed by atoms with Crippen LogP contribution in [0.5, 0.6) is 5.75 Å². The van der Waals surface area contributed by atoms with Crippen LogP contribution < -0.4 is 0 Å². The Hall–Kier alpha value is -3.20. The molecule has 0 aromatic heterocycles. The summed E-state index contributed by atoms with van der Waals surface area (Å²) in [6.45, 7) is 15.9. The Labute approximate surface area is 232 Å². The maximum Gasteiger partial charge on any atom is 0.320 e. The summed E-state index contributed by atoms with van der Waals surface area (Å²) in [5.41, 5.74) is 2.69. The van der Waals surface area contributed by atoms with Crippen LogP contribution in [0.15, 0.2) is 61.2 Å². The number of rotatable bonds is 9. The lowest BCUT2D eigenvalue weighted by molar-refractivity contribution is -0.144. The number of ether oxygens (including phenoxy) is 1. The minimum Gasteiger partial charge on any atom is -0.508 e. The van der Waals surface area contributed by atoms with E-state index in [0.717, 1.165) is 30.8 Å². The fourth-order valence-electron chi connectivity index (χ4n) is 5.80. The predicted octanol–water partition coefficient (Wildman–Crippen LogP) is 3.38. The fourth-order valence-corrected chi connectivity index (χ4v) is 5.80. The highest BCUT2D eigenvalue weighted by Gasteiger charge is 2.35. The van der Waals surface area contributed by atoms with Crippen LogP contribution in [0.1, 0.15) is 48.3 Å². The van der Waals surface area contributed by atoms with Gasteiger partial charge in [0, 0.05) is 63.5 Å². The molecule has 2 aromatic rings. The minimum absolute atomic E-state index is 0.000451. The number of phenolic OH excluding ortho intramolecular Hbond substituents is 1. The van der Waals surface area contributed by atoms with Gasteiger partial charge in [0.05, 0.1) is 19.2 Å². The molecule has 0 aliphatic carbocycles. The summed E-state index contributed by atoms with van der Waals surface area (Å²) in [6.07, 6.45) is 1.96. The van der Waals surface area contributed by atoms with Gasteiger partial charge in [0.1, 0.15) is 5.75 Å². The summed E-state index contributed by atoms with van der Waals surface area (Å²) in [5.74, 6) is 0.00719. The Balaban J connectivity index is 1.55. The number of esters is 1. The number of hydrogen-bond acceptors (Lipinski definition) is 7. The molecule has 0 spiro atoms. The van der Waals surface area contributed by atoms with E-state index in [1.807, 2.05) is 46.2 Å². The van der Waals surface area contributed by atoms with Crippen molar-refractivity contribution in [2.45, 2.75) is 38.9 Å². The maximum atomic E-state index is 13.6. The van der Waals surface area contributed by atoms with E-state index < -0.39 is 0 Å². The van der Waals surface area contributed by atoms with E-state index in [-0.39, 0.29) is 36.3 Å². The second-order valence-electron chi connectivity index (χ2n) is 10.6. The van der Waals surface area contributed by atoms with Gasteiger partial charge in [0.2, 0.25) is 0 Å². The highest BCUT2D eigenvalue weighted by molar-refractivity contribution is 5.94. The van der Waals surface area contributed by atoms with Gasteiger partial charge < -0.3 is 14.7 Å². The van der Waals surface area contributed by atoms with Gasteiger partial charge in [-0.05, 0) is 56.2 Å². The average molecular weight is 535 g/mol. The lowest BCUT2D eigenvalue weighted by Crippen LogP contribution is -2.57. The molecule has 1 N–H and O–H groups in total. The van der Waals surface area contributed by atoms with E-state index >= 15 is 0 Å². The van der Waals surface area contributed by atoms with Crippen molar-refractivity contribution in [3.8, 4) is 5.75 Å². The first-order valence-corrected chi connectivity index (χ1v) is 14.0. The first kappa shape index (κ1) is 28.8. The standard InChI is InChI=1S/C31H42N4O4/c1-5-13-34-20-24(4)35(21-23(34)3)30(26-10-8-12-28(36)19-26)25-9-7-11-27(18-25)31(38)33-16-14-32(15-17-33)22-29(37)39-6-2/h5,7-12,18-19,23-24,30,36H,1,6,13-17,20-22H2,2-4H3/t23-,24-,30?/m1/s1. The summed E-state index contributed by atoms with van der Waals surface area (Å²) in [7, 11) is 0. The molecule has 39 heavy (non-hydrogen) atoms. The predicted molar refractivity (Wildman–Crippen MR) is 153 cm³/mol. The Morgan fingerprint density at radius 2 is 1.72 bits per heavy atom. The van der Waals surface area contributed by atoms with E-state index in [9.17, 15) is 14.7 Å². The molecule has 0 bridgehead atoms. The zero-order valence-corrected chi connectivity index (χ0v) is 23.5. The van der Waals surface area contributed by atoms with E-state index in [4.69, 9.17) is 4.74 Å². The van der Waals surface area contributed by atoms with Crippen LogP contribution in [-0.4, -0.2) is 108 Å². The quantitative estimate of drug-likeness (QED) is 0.390. The summed E-state index contributed by atoms with van der Waals surface area (Å²) in [6, 6.07) is 15.9. The monoisotopic (exact) mass is 534 g/mol. The number of hydrogen-bond donors (Lipinski definition) is 1. The molecule has 1 unspecified atom stereocenters. The molecule has 3 atom stereocenters. The van der Waals surface area contributed by atoms with Crippen molar-refractivity contribution in [2.75, 3.05) is 59.0 Å². The molecule has 2 heterocycles. The first-order valence-electron chi connectivity index (χ1n) is 14.0. The Bertz CT molecular complexity index is 1150. The lowest BCUT2D eigenvalue weighted by Gasteiger charge is -2.47. The molecule has 2 aromatic carbocycles. The first-order chi connectivity index (χ1) is 18.8. The maximum absolute atomic E-state index is 13.6. The van der Waals surface area contributed by atoms with Gasteiger partial charge in [0.15, 0.2) is 0 Å². The van der Waals surface area contributed by atoms with Crippen LogP contribution in [-0.2, 0) is 9.53 Å². The second kappa shape index (κ2) is 13.2. The zero-order chi connectivity index (χ0) is 27.9. The number of aromatic hydroxyl groups is 1. The van der Waals surface area contributed by atoms with Crippen molar-refractivity contribution in [2.24, 2.45) is 0 Å². The van der Waals surface area contributed by atoms with Crippen LogP contribution in [0.4, 0.5) is 0 Å². The van der Waals surface area contributed by atoms with E-state index in [1.165, 1.54) is 0 Å². The van der Waals surface area contributed by atoms with Gasteiger partial charge in [-0.2, -0.15) is 0 Å². The summed E-state index contributed by atoms with van der Waals surface area (Å²) in [5, 5.41) is 10.3. The second-order valence-corrected chi connectivity index (χ2v) is 10.6. The highest BCUT2D eigenvalue weighted by atomic mass is 16.5. The molecule has 4 rings (SSSR count). The lowest BCUT2D eigenvalue weighted by atomic mass is 9.92. The summed E-state index contributed by atoms with van der Waals surface area (Å²) >= 11 is 0. The number of carbonyl (C=O) groups excluding carboxylic acids is 2. The molecule has 2 saturated heterocycles. The van der Waals surface area contributed by atoms with Gasteiger partial charge in [-0.1, -0.05) is 30.3 Å². The number of piperazine rings is 2. The molecule has 8 nitrogen and oxygen atoms in total. The SMILES string of the molecule is C=CCN1C[C@@H](C)N(C(c2cccc(O)c2)c2cccc(C(=O)N3CCN(CC(=O)OCC)CC3)c2)C[C@H]1C. The molecule has 2 fully saturated rings. The normalized spacial score (nSPS) is 21.9. The molecule has 0 saturated carbocycles. The third-order valence-corrected chi connectivity index (χ3v) is 7.81. The van der Waals surface area contributed by atoms with Crippen molar-refractivity contribution < 1.29 is 19.4 Å². The topological polar surface area (TPSA) is 76.6 Å². The van der Waals surface area contributed by atoms with Crippen LogP contribution in [0.3, 0.4) is 0 Å². The molecular formula is C31H42N4O4. The van der Waals surface area contributed by atoms with Gasteiger partial charge in [-0.3, -0.25) is 24.3 Å². The van der Waals surface area contributed by atoms with Crippen molar-refractivity contribution in [1.29, 1.82) is 0 Å². The van der Waals surface area contributed by atoms with Crippen LogP contribution in [0, 0.1) is 0 Å². The van der Waals surface area contributed by atoms with E-state index in [1.54, 1.807) is 13.0 Å². The molecule has 2 aliphatic rings. The Kier molecular flexibility index (Phi) is 9.78. The van der Waals surface area contributed by atoms with Crippen molar-refractivity contribution in [1.82, 2.24) is 19.6 Å². The van der Waals surface area contributed by atoms with Crippen molar-refractivity contribution in [3.05, 3.63) is 77.9 Å². The summed E-state index contributed by atoms with van der Waals surface area (Å²) in [4.78, 5) is 34.2. The average Bonchev–Trinajstić information content (AvgIpc) is 2.92. The zero-order valence-electron chi connectivity index (χ0n) is 23.5. The Morgan fingerprint density at radius 1 is 1.03 bits per heavy atom. The van der Waals surface area contributed by atoms with Crippen molar-refractivity contribution >= 4 is 11.9 Å². The van der Waals surface area contributed by atoms with Crippen LogP contribution >= 0.6 is 0 Å². The third kappa shape index (κ3) is 7.06. The summed E-state index contributed by atoms with van der Waals surface area (Å²) < 4.78 is 5.06. The van der Waals surface area contributed by atoms with Crippen LogP contribution in [0.2, 0.25) is 0 Å². The number of nitrogens with zero attached hydrogens (tertiary/aromatic N) is 4. The van der Waals surface area contributed by atoms with Gasteiger partial charge in [-0.15, -0.1) is 6.58 Å². The molecule has 1 amide bonds. The molecule has 8 heteroatoms. The highest BCUT2D eigenvalue weighted by Crippen LogP contribution is 2.35.